The molecule has 0 spiro atoms. The lowest BCUT2D eigenvalue weighted by Crippen LogP contribution is -2.38. The third-order valence-electron chi connectivity index (χ3n) is 2.50. The van der Waals surface area contributed by atoms with Gasteiger partial charge in [0.1, 0.15) is 0 Å². The van der Waals surface area contributed by atoms with Gasteiger partial charge >= 0.3 is 6.09 Å². The van der Waals surface area contributed by atoms with Crippen molar-refractivity contribution in [2.75, 3.05) is 13.1 Å². The number of nitrogens with zero attached hydrogens (tertiary/aromatic N) is 4. The number of rotatable bonds is 1. The van der Waals surface area contributed by atoms with Crippen molar-refractivity contribution in [1.82, 2.24) is 19.9 Å². The van der Waals surface area contributed by atoms with Gasteiger partial charge in [-0.15, -0.1) is 0 Å². The lowest BCUT2D eigenvalue weighted by molar-refractivity contribution is 0.121. The van der Waals surface area contributed by atoms with Crippen molar-refractivity contribution in [3.05, 3.63) is 12.4 Å². The monoisotopic (exact) mass is 196 g/mol. The van der Waals surface area contributed by atoms with Crippen molar-refractivity contribution >= 4 is 6.09 Å². The number of hydrogen-bond donors (Lipinski definition) is 1. The molecule has 1 aliphatic heterocycles. The number of likely N-dealkylation sites (tertiary alicyclic amines) is 1. The molecule has 0 aliphatic carbocycles. The molecule has 1 aromatic heterocycles. The highest BCUT2D eigenvalue weighted by molar-refractivity contribution is 5.64. The Morgan fingerprint density at radius 3 is 2.36 bits per heavy atom. The van der Waals surface area contributed by atoms with E-state index >= 15 is 0 Å². The highest BCUT2D eigenvalue weighted by atomic mass is 16.4. The fourth-order valence-electron chi connectivity index (χ4n) is 1.70. The zero-order chi connectivity index (χ0) is 9.97. The van der Waals surface area contributed by atoms with Gasteiger partial charge in [0, 0.05) is 13.1 Å². The third-order valence-corrected chi connectivity index (χ3v) is 2.50. The van der Waals surface area contributed by atoms with Gasteiger partial charge in [-0.1, -0.05) is 0 Å². The Balaban J connectivity index is 1.93. The van der Waals surface area contributed by atoms with E-state index in [1.165, 1.54) is 4.90 Å². The Labute approximate surface area is 81.1 Å². The number of carboxylic acid groups (broad SMARTS) is 1. The van der Waals surface area contributed by atoms with Gasteiger partial charge in [-0.25, -0.2) is 4.79 Å². The molecule has 6 nitrogen and oxygen atoms in total. The normalized spacial score (nSPS) is 18.4. The summed E-state index contributed by atoms with van der Waals surface area (Å²) in [5.74, 6) is 0. The van der Waals surface area contributed by atoms with Crippen molar-refractivity contribution in [2.24, 2.45) is 0 Å². The van der Waals surface area contributed by atoms with E-state index in [1.807, 2.05) is 0 Å². The summed E-state index contributed by atoms with van der Waals surface area (Å²) in [4.78, 5) is 13.7. The average Bonchev–Trinajstić information content (AvgIpc) is 2.71. The third kappa shape index (κ3) is 1.68. The van der Waals surface area contributed by atoms with E-state index in [-0.39, 0.29) is 6.04 Å². The zero-order valence-corrected chi connectivity index (χ0v) is 7.70. The van der Waals surface area contributed by atoms with Crippen LogP contribution in [-0.2, 0) is 0 Å². The van der Waals surface area contributed by atoms with E-state index in [2.05, 4.69) is 10.2 Å². The van der Waals surface area contributed by atoms with Crippen LogP contribution in [0.1, 0.15) is 18.9 Å². The molecular formula is C8H12N4O2. The van der Waals surface area contributed by atoms with E-state index in [1.54, 1.807) is 17.2 Å². The summed E-state index contributed by atoms with van der Waals surface area (Å²) in [7, 11) is 0. The predicted octanol–water partition coefficient (Wildman–Crippen LogP) is 0.593. The van der Waals surface area contributed by atoms with E-state index < -0.39 is 6.09 Å². The zero-order valence-electron chi connectivity index (χ0n) is 7.70. The fraction of sp³-hybridized carbons (Fsp3) is 0.625. The molecule has 0 aromatic carbocycles. The van der Waals surface area contributed by atoms with E-state index in [4.69, 9.17) is 5.11 Å². The Morgan fingerprint density at radius 2 is 1.86 bits per heavy atom. The Bertz CT molecular complexity index is 303. The van der Waals surface area contributed by atoms with E-state index in [0.717, 1.165) is 12.8 Å². The smallest absolute Gasteiger partial charge is 0.407 e. The summed E-state index contributed by atoms with van der Waals surface area (Å²) in [6.45, 7) is 1.14. The molecule has 1 saturated heterocycles. The highest BCUT2D eigenvalue weighted by Gasteiger charge is 2.23. The predicted molar refractivity (Wildman–Crippen MR) is 47.9 cm³/mol. The molecule has 0 radical (unpaired) electrons. The molecule has 1 aliphatic rings. The summed E-state index contributed by atoms with van der Waals surface area (Å²) < 4.78 is 0. The molecule has 0 unspecified atom stereocenters. The number of hydrogen-bond acceptors (Lipinski definition) is 3. The summed E-state index contributed by atoms with van der Waals surface area (Å²) in [6.07, 6.45) is 4.03. The maximum atomic E-state index is 10.6. The largest absolute Gasteiger partial charge is 0.465 e. The van der Waals surface area contributed by atoms with E-state index in [9.17, 15) is 4.79 Å². The van der Waals surface area contributed by atoms with Gasteiger partial charge in [-0.3, -0.25) is 0 Å². The number of piperidine rings is 1. The first kappa shape index (κ1) is 8.98. The maximum Gasteiger partial charge on any atom is 0.407 e. The van der Waals surface area contributed by atoms with Crippen molar-refractivity contribution in [3.63, 3.8) is 0 Å². The molecule has 0 bridgehead atoms. The lowest BCUT2D eigenvalue weighted by atomic mass is 10.1. The van der Waals surface area contributed by atoms with Gasteiger partial charge in [0.2, 0.25) is 0 Å². The minimum absolute atomic E-state index is 0.251. The van der Waals surface area contributed by atoms with Crippen LogP contribution in [-0.4, -0.2) is 44.2 Å². The first-order valence-corrected chi connectivity index (χ1v) is 4.61. The van der Waals surface area contributed by atoms with Crippen LogP contribution in [0.25, 0.3) is 0 Å². The van der Waals surface area contributed by atoms with Crippen LogP contribution in [0.15, 0.2) is 12.4 Å². The summed E-state index contributed by atoms with van der Waals surface area (Å²) in [5, 5.41) is 16.8. The van der Waals surface area contributed by atoms with Crippen LogP contribution in [0.3, 0.4) is 0 Å². The second-order valence-corrected chi connectivity index (χ2v) is 3.35. The second kappa shape index (κ2) is 3.65. The van der Waals surface area contributed by atoms with Gasteiger partial charge in [-0.05, 0) is 12.8 Å². The van der Waals surface area contributed by atoms with E-state index in [0.29, 0.717) is 13.1 Å². The van der Waals surface area contributed by atoms with Crippen LogP contribution < -0.4 is 0 Å². The van der Waals surface area contributed by atoms with Crippen molar-refractivity contribution in [3.8, 4) is 0 Å². The summed E-state index contributed by atoms with van der Waals surface area (Å²) in [5.41, 5.74) is 0. The molecule has 2 heterocycles. The molecule has 6 heteroatoms. The molecule has 1 fully saturated rings. The maximum absolute atomic E-state index is 10.6. The number of carbonyl (C=O) groups is 1. The molecule has 76 valence electrons. The summed E-state index contributed by atoms with van der Waals surface area (Å²) >= 11 is 0. The van der Waals surface area contributed by atoms with Crippen LogP contribution in [0, 0.1) is 0 Å². The minimum Gasteiger partial charge on any atom is -0.465 e. The molecule has 14 heavy (non-hydrogen) atoms. The van der Waals surface area contributed by atoms with Crippen LogP contribution in [0.2, 0.25) is 0 Å². The Morgan fingerprint density at radius 1 is 1.29 bits per heavy atom. The average molecular weight is 196 g/mol. The van der Waals surface area contributed by atoms with Gasteiger partial charge in [0.25, 0.3) is 0 Å². The topological polar surface area (TPSA) is 71.2 Å². The first-order chi connectivity index (χ1) is 6.77. The van der Waals surface area contributed by atoms with Crippen molar-refractivity contribution in [2.45, 2.75) is 18.9 Å². The Hall–Kier alpha value is -1.59. The van der Waals surface area contributed by atoms with Gasteiger partial charge in [0.15, 0.2) is 0 Å². The highest BCUT2D eigenvalue weighted by Crippen LogP contribution is 2.20. The fourth-order valence-corrected chi connectivity index (χ4v) is 1.70. The standard InChI is InChI=1S/C8H12N4O2/c13-8(14)11-5-1-7(2-6-11)12-9-3-4-10-12/h3-4,7H,1-2,5-6H2,(H,13,14). The summed E-state index contributed by atoms with van der Waals surface area (Å²) in [6, 6.07) is 0.251. The van der Waals surface area contributed by atoms with Crippen LogP contribution in [0.5, 0.6) is 0 Å². The minimum atomic E-state index is -0.836. The molecule has 1 aromatic rings. The second-order valence-electron chi connectivity index (χ2n) is 3.35. The van der Waals surface area contributed by atoms with Crippen LogP contribution in [0.4, 0.5) is 4.79 Å². The SMILES string of the molecule is O=C(O)N1CCC(n2nccn2)CC1. The molecule has 0 saturated carbocycles. The number of aromatic nitrogens is 3. The quantitative estimate of drug-likeness (QED) is 0.713. The molecule has 2 rings (SSSR count). The lowest BCUT2D eigenvalue weighted by Gasteiger charge is -2.29. The Kier molecular flexibility index (Phi) is 2.34. The van der Waals surface area contributed by atoms with Gasteiger partial charge in [0.05, 0.1) is 18.4 Å². The number of amides is 1. The molecular weight excluding hydrogens is 184 g/mol. The molecule has 0 atom stereocenters. The van der Waals surface area contributed by atoms with Gasteiger partial charge < -0.3 is 10.0 Å². The van der Waals surface area contributed by atoms with Crippen molar-refractivity contribution < 1.29 is 9.90 Å². The molecule has 1 N–H and O–H groups in total. The first-order valence-electron chi connectivity index (χ1n) is 4.61. The van der Waals surface area contributed by atoms with Gasteiger partial charge in [-0.2, -0.15) is 15.0 Å². The van der Waals surface area contributed by atoms with Crippen molar-refractivity contribution in [1.29, 1.82) is 0 Å². The van der Waals surface area contributed by atoms with Crippen LogP contribution >= 0.6 is 0 Å². The molecule has 1 amide bonds.